The standard InChI is InChI=1S/C16H14N2OS/c1-12-18-16(11-20-12)14-4-6-15(7-5-14)19-10-13-3-2-8-17-9-13/h2-9,11H,10H2,1H3. The van der Waals surface area contributed by atoms with Crippen LogP contribution in [-0.2, 0) is 6.61 Å². The van der Waals surface area contributed by atoms with Crippen molar-refractivity contribution in [3.05, 3.63) is 64.7 Å². The lowest BCUT2D eigenvalue weighted by atomic mass is 10.2. The largest absolute Gasteiger partial charge is 0.489 e. The van der Waals surface area contributed by atoms with E-state index in [1.165, 1.54) is 0 Å². The van der Waals surface area contributed by atoms with Gasteiger partial charge in [-0.15, -0.1) is 11.3 Å². The van der Waals surface area contributed by atoms with Gasteiger partial charge in [-0.25, -0.2) is 4.98 Å². The summed E-state index contributed by atoms with van der Waals surface area (Å²) < 4.78 is 5.73. The quantitative estimate of drug-likeness (QED) is 0.723. The van der Waals surface area contributed by atoms with Gasteiger partial charge in [0.15, 0.2) is 0 Å². The van der Waals surface area contributed by atoms with Crippen molar-refractivity contribution < 1.29 is 4.74 Å². The average molecular weight is 282 g/mol. The van der Waals surface area contributed by atoms with Gasteiger partial charge in [-0.1, -0.05) is 6.07 Å². The predicted octanol–water partition coefficient (Wildman–Crippen LogP) is 4.09. The molecular weight excluding hydrogens is 268 g/mol. The van der Waals surface area contributed by atoms with E-state index in [-0.39, 0.29) is 0 Å². The molecule has 0 aliphatic heterocycles. The van der Waals surface area contributed by atoms with Gasteiger partial charge in [0.2, 0.25) is 0 Å². The molecule has 0 fully saturated rings. The first-order chi connectivity index (χ1) is 9.81. The topological polar surface area (TPSA) is 35.0 Å². The van der Waals surface area contributed by atoms with Crippen molar-refractivity contribution in [2.24, 2.45) is 0 Å². The predicted molar refractivity (Wildman–Crippen MR) is 80.9 cm³/mol. The molecule has 100 valence electrons. The normalized spacial score (nSPS) is 10.4. The summed E-state index contributed by atoms with van der Waals surface area (Å²) >= 11 is 1.66. The summed E-state index contributed by atoms with van der Waals surface area (Å²) in [4.78, 5) is 8.54. The number of ether oxygens (including phenoxy) is 1. The number of pyridine rings is 1. The molecule has 0 amide bonds. The van der Waals surface area contributed by atoms with Gasteiger partial charge in [0.05, 0.1) is 10.7 Å². The Morgan fingerprint density at radius 2 is 2.00 bits per heavy atom. The zero-order valence-electron chi connectivity index (χ0n) is 11.1. The number of aromatic nitrogens is 2. The lowest BCUT2D eigenvalue weighted by Crippen LogP contribution is -1.95. The minimum absolute atomic E-state index is 0.531. The van der Waals surface area contributed by atoms with Crippen LogP contribution in [0.3, 0.4) is 0 Å². The number of nitrogens with zero attached hydrogens (tertiary/aromatic N) is 2. The third-order valence-corrected chi connectivity index (χ3v) is 3.67. The summed E-state index contributed by atoms with van der Waals surface area (Å²) in [6.07, 6.45) is 3.57. The number of benzene rings is 1. The smallest absolute Gasteiger partial charge is 0.119 e. The van der Waals surface area contributed by atoms with E-state index in [0.717, 1.165) is 27.6 Å². The number of thiazole rings is 1. The average Bonchev–Trinajstić information content (AvgIpc) is 2.93. The molecule has 20 heavy (non-hydrogen) atoms. The molecule has 0 saturated heterocycles. The first kappa shape index (κ1) is 12.8. The van der Waals surface area contributed by atoms with Crippen molar-refractivity contribution in [3.8, 4) is 17.0 Å². The summed E-state index contributed by atoms with van der Waals surface area (Å²) in [6, 6.07) is 11.9. The highest BCUT2D eigenvalue weighted by molar-refractivity contribution is 7.09. The zero-order valence-corrected chi connectivity index (χ0v) is 11.9. The van der Waals surface area contributed by atoms with Crippen LogP contribution in [0.15, 0.2) is 54.2 Å². The molecule has 0 aliphatic rings. The Bertz CT molecular complexity index is 677. The Morgan fingerprint density at radius 1 is 1.15 bits per heavy atom. The van der Waals surface area contributed by atoms with E-state index in [1.54, 1.807) is 17.5 Å². The molecule has 0 atom stereocenters. The van der Waals surface area contributed by atoms with Crippen LogP contribution in [-0.4, -0.2) is 9.97 Å². The summed E-state index contributed by atoms with van der Waals surface area (Å²) in [5.41, 5.74) is 3.20. The van der Waals surface area contributed by atoms with Gasteiger partial charge in [-0.2, -0.15) is 0 Å². The van der Waals surface area contributed by atoms with Gasteiger partial charge in [-0.05, 0) is 37.3 Å². The fourth-order valence-corrected chi connectivity index (χ4v) is 2.49. The Labute approximate surface area is 121 Å². The van der Waals surface area contributed by atoms with Crippen LogP contribution in [0.2, 0.25) is 0 Å². The molecular formula is C16H14N2OS. The first-order valence-electron chi connectivity index (χ1n) is 6.35. The Hall–Kier alpha value is -2.20. The first-order valence-corrected chi connectivity index (χ1v) is 7.23. The van der Waals surface area contributed by atoms with Crippen molar-refractivity contribution >= 4 is 11.3 Å². The highest BCUT2D eigenvalue weighted by Gasteiger charge is 2.02. The van der Waals surface area contributed by atoms with E-state index in [1.807, 2.05) is 49.5 Å². The minimum Gasteiger partial charge on any atom is -0.489 e. The van der Waals surface area contributed by atoms with Gasteiger partial charge in [-0.3, -0.25) is 4.98 Å². The fraction of sp³-hybridized carbons (Fsp3) is 0.125. The molecule has 3 rings (SSSR count). The summed E-state index contributed by atoms with van der Waals surface area (Å²) in [7, 11) is 0. The van der Waals surface area contributed by atoms with Crippen molar-refractivity contribution in [2.45, 2.75) is 13.5 Å². The number of hydrogen-bond acceptors (Lipinski definition) is 4. The monoisotopic (exact) mass is 282 g/mol. The van der Waals surface area contributed by atoms with Crippen LogP contribution < -0.4 is 4.74 Å². The molecule has 0 saturated carbocycles. The van der Waals surface area contributed by atoms with Crippen LogP contribution in [0.25, 0.3) is 11.3 Å². The maximum absolute atomic E-state index is 5.73. The zero-order chi connectivity index (χ0) is 13.8. The van der Waals surface area contributed by atoms with Crippen LogP contribution in [0, 0.1) is 6.92 Å². The van der Waals surface area contributed by atoms with E-state index in [0.29, 0.717) is 6.61 Å². The fourth-order valence-electron chi connectivity index (χ4n) is 1.87. The van der Waals surface area contributed by atoms with Crippen molar-refractivity contribution in [1.29, 1.82) is 0 Å². The van der Waals surface area contributed by atoms with E-state index in [4.69, 9.17) is 4.74 Å². The maximum atomic E-state index is 5.73. The molecule has 2 aromatic heterocycles. The van der Waals surface area contributed by atoms with Gasteiger partial charge in [0.25, 0.3) is 0 Å². The Kier molecular flexibility index (Phi) is 3.74. The second-order valence-electron chi connectivity index (χ2n) is 4.43. The molecule has 2 heterocycles. The van der Waals surface area contributed by atoms with E-state index < -0.39 is 0 Å². The molecule has 1 aromatic carbocycles. The van der Waals surface area contributed by atoms with Gasteiger partial charge < -0.3 is 4.74 Å². The maximum Gasteiger partial charge on any atom is 0.119 e. The molecule has 3 nitrogen and oxygen atoms in total. The Balaban J connectivity index is 1.67. The molecule has 0 spiro atoms. The second kappa shape index (κ2) is 5.84. The highest BCUT2D eigenvalue weighted by Crippen LogP contribution is 2.24. The molecule has 0 unspecified atom stereocenters. The summed E-state index contributed by atoms with van der Waals surface area (Å²) in [6.45, 7) is 2.54. The SMILES string of the molecule is Cc1nc(-c2ccc(OCc3cccnc3)cc2)cs1. The van der Waals surface area contributed by atoms with Crippen LogP contribution >= 0.6 is 11.3 Å². The van der Waals surface area contributed by atoms with Gasteiger partial charge in [0.1, 0.15) is 12.4 Å². The lowest BCUT2D eigenvalue weighted by molar-refractivity contribution is 0.306. The van der Waals surface area contributed by atoms with E-state index in [9.17, 15) is 0 Å². The summed E-state index contributed by atoms with van der Waals surface area (Å²) in [5, 5.41) is 3.15. The number of aryl methyl sites for hydroxylation is 1. The number of hydrogen-bond donors (Lipinski definition) is 0. The lowest BCUT2D eigenvalue weighted by Gasteiger charge is -2.06. The Morgan fingerprint density at radius 3 is 2.65 bits per heavy atom. The highest BCUT2D eigenvalue weighted by atomic mass is 32.1. The summed E-state index contributed by atoms with van der Waals surface area (Å²) in [5.74, 6) is 0.851. The molecule has 0 N–H and O–H groups in total. The minimum atomic E-state index is 0.531. The van der Waals surface area contributed by atoms with Crippen molar-refractivity contribution in [1.82, 2.24) is 9.97 Å². The third-order valence-electron chi connectivity index (χ3n) is 2.90. The molecule has 0 aliphatic carbocycles. The van der Waals surface area contributed by atoms with Gasteiger partial charge >= 0.3 is 0 Å². The second-order valence-corrected chi connectivity index (χ2v) is 5.49. The third kappa shape index (κ3) is 3.03. The van der Waals surface area contributed by atoms with E-state index in [2.05, 4.69) is 15.3 Å². The van der Waals surface area contributed by atoms with E-state index >= 15 is 0 Å². The number of rotatable bonds is 4. The molecule has 0 bridgehead atoms. The van der Waals surface area contributed by atoms with Crippen molar-refractivity contribution in [2.75, 3.05) is 0 Å². The van der Waals surface area contributed by atoms with Gasteiger partial charge in [0, 0.05) is 28.9 Å². The molecule has 0 radical (unpaired) electrons. The van der Waals surface area contributed by atoms with Crippen LogP contribution in [0.1, 0.15) is 10.6 Å². The van der Waals surface area contributed by atoms with Crippen LogP contribution in [0.4, 0.5) is 0 Å². The van der Waals surface area contributed by atoms with Crippen molar-refractivity contribution in [3.63, 3.8) is 0 Å². The molecule has 3 aromatic rings. The van der Waals surface area contributed by atoms with Crippen LogP contribution in [0.5, 0.6) is 5.75 Å². The molecule has 4 heteroatoms.